The maximum absolute atomic E-state index is 12.4. The number of allylic oxidation sites excluding steroid dienone is 6. The number of hydrogen-bond donors (Lipinski definition) is 4. The van der Waals surface area contributed by atoms with Gasteiger partial charge >= 0.3 is 65.1 Å². The van der Waals surface area contributed by atoms with Crippen molar-refractivity contribution in [3.63, 3.8) is 0 Å². The molecule has 4 N–H and O–H groups in total. The number of ketones is 2. The SMILES string of the molecule is O=C(Nc1ccc(NN=C2C=CC(=O)C(C(=O)[O-])=C2)cc1)Nc1ccc(NN=C2C=CC(=O)C(C(=O)[O-])=C2)cc1.[Na+].[Na+]. The van der Waals surface area contributed by atoms with Crippen molar-refractivity contribution >= 4 is 63.7 Å². The first-order valence-electron chi connectivity index (χ1n) is 11.4. The van der Waals surface area contributed by atoms with Gasteiger partial charge in [0.1, 0.15) is 0 Å². The summed E-state index contributed by atoms with van der Waals surface area (Å²) in [6, 6.07) is 12.5. The van der Waals surface area contributed by atoms with Crippen molar-refractivity contribution in [3.8, 4) is 0 Å². The molecule has 2 amide bonds. The van der Waals surface area contributed by atoms with Crippen LogP contribution < -0.4 is 90.8 Å². The van der Waals surface area contributed by atoms with Gasteiger partial charge in [-0.05, 0) is 85.0 Å². The zero-order valence-electron chi connectivity index (χ0n) is 22.3. The van der Waals surface area contributed by atoms with Crippen LogP contribution in [-0.2, 0) is 19.2 Å². The van der Waals surface area contributed by atoms with Gasteiger partial charge in [0, 0.05) is 22.5 Å². The van der Waals surface area contributed by atoms with Crippen LogP contribution in [0.2, 0.25) is 0 Å². The summed E-state index contributed by atoms with van der Waals surface area (Å²) in [5.41, 5.74) is 6.96. The second-order valence-electron chi connectivity index (χ2n) is 8.12. The first kappa shape index (κ1) is 34.1. The number of anilines is 4. The van der Waals surface area contributed by atoms with Crippen LogP contribution >= 0.6 is 0 Å². The van der Waals surface area contributed by atoms with Crippen LogP contribution in [0.1, 0.15) is 0 Å². The van der Waals surface area contributed by atoms with Crippen LogP contribution in [0.5, 0.6) is 0 Å². The van der Waals surface area contributed by atoms with Crippen LogP contribution in [0.25, 0.3) is 0 Å². The monoisotopic (exact) mass is 584 g/mol. The van der Waals surface area contributed by atoms with Crippen molar-refractivity contribution in [2.75, 3.05) is 21.5 Å². The number of carboxylic acid groups (broad SMARTS) is 2. The molecule has 0 aromatic heterocycles. The standard InChI is InChI=1S/C27H20N6O7.2Na/c34-23-11-9-19(13-21(23)25(36)37)32-30-17-5-1-15(2-6-17)28-27(40)29-16-3-7-18(8-4-16)31-33-20-10-12-24(35)22(14-20)26(38)39;;/h1-14,30-31H,(H,36,37)(H,38,39)(H2,28,29,40);;/q;2*+1/p-2. The molecule has 2 aliphatic rings. The number of nitrogens with zero attached hydrogens (tertiary/aromatic N) is 2. The molecule has 2 aliphatic carbocycles. The molecule has 4 rings (SSSR count). The Bertz CT molecular complexity index is 1470. The first-order valence-corrected chi connectivity index (χ1v) is 11.4. The molecule has 0 bridgehead atoms. The van der Waals surface area contributed by atoms with Crippen LogP contribution in [0, 0.1) is 0 Å². The number of carbonyl (C=O) groups excluding carboxylic acids is 5. The topological polar surface area (TPSA) is 204 Å². The van der Waals surface area contributed by atoms with Gasteiger partial charge in [-0.2, -0.15) is 10.2 Å². The molecule has 2 aromatic rings. The van der Waals surface area contributed by atoms with E-state index in [1.54, 1.807) is 48.5 Å². The smallest absolute Gasteiger partial charge is 0.545 e. The molecular formula is C27H18N6Na2O7. The molecule has 0 fully saturated rings. The van der Waals surface area contributed by atoms with E-state index in [2.05, 4.69) is 31.7 Å². The number of urea groups is 1. The molecular weight excluding hydrogens is 566 g/mol. The quantitative estimate of drug-likeness (QED) is 0.101. The molecule has 0 heterocycles. The van der Waals surface area contributed by atoms with E-state index in [4.69, 9.17) is 0 Å². The summed E-state index contributed by atoms with van der Waals surface area (Å²) < 4.78 is 0. The average molecular weight is 584 g/mol. The van der Waals surface area contributed by atoms with Gasteiger partial charge in [0.2, 0.25) is 0 Å². The van der Waals surface area contributed by atoms with Crippen molar-refractivity contribution < 1.29 is 93.3 Å². The molecule has 0 saturated heterocycles. The number of benzene rings is 2. The van der Waals surface area contributed by atoms with E-state index in [0.717, 1.165) is 24.3 Å². The Hall–Kier alpha value is -4.11. The fraction of sp³-hybridized carbons (Fsp3) is 0. The normalized spacial score (nSPS) is 15.5. The fourth-order valence-electron chi connectivity index (χ4n) is 3.30. The third kappa shape index (κ3) is 9.48. The number of aliphatic carboxylic acids is 2. The van der Waals surface area contributed by atoms with Gasteiger partial charge in [-0.25, -0.2) is 4.79 Å². The predicted octanol–water partition coefficient (Wildman–Crippen LogP) is -5.50. The Morgan fingerprint density at radius 3 is 1.21 bits per heavy atom. The van der Waals surface area contributed by atoms with Crippen LogP contribution in [0.15, 0.2) is 106 Å². The minimum absolute atomic E-state index is 0. The van der Waals surface area contributed by atoms with Gasteiger partial charge in [-0.3, -0.25) is 20.4 Å². The number of nitrogens with one attached hydrogen (secondary N) is 4. The molecule has 0 atom stereocenters. The molecule has 0 radical (unpaired) electrons. The van der Waals surface area contributed by atoms with E-state index in [0.29, 0.717) is 22.7 Å². The molecule has 0 unspecified atom stereocenters. The summed E-state index contributed by atoms with van der Waals surface area (Å²) in [6.07, 6.45) is 7.10. The van der Waals surface area contributed by atoms with Gasteiger partial charge in [0.25, 0.3) is 0 Å². The number of carbonyl (C=O) groups is 5. The fourth-order valence-corrected chi connectivity index (χ4v) is 3.30. The molecule has 15 heteroatoms. The zero-order valence-corrected chi connectivity index (χ0v) is 26.3. The minimum Gasteiger partial charge on any atom is -0.545 e. The van der Waals surface area contributed by atoms with Gasteiger partial charge in [-0.1, -0.05) is 0 Å². The molecule has 0 aliphatic heterocycles. The van der Waals surface area contributed by atoms with E-state index in [1.165, 1.54) is 12.2 Å². The van der Waals surface area contributed by atoms with Gasteiger partial charge in [-0.15, -0.1) is 0 Å². The molecule has 0 saturated carbocycles. The molecule has 2 aromatic carbocycles. The molecule has 13 nitrogen and oxygen atoms in total. The number of amides is 2. The third-order valence-electron chi connectivity index (χ3n) is 5.28. The van der Waals surface area contributed by atoms with Crippen molar-refractivity contribution in [1.82, 2.24) is 0 Å². The summed E-state index contributed by atoms with van der Waals surface area (Å²) >= 11 is 0. The molecule has 0 spiro atoms. The van der Waals surface area contributed by atoms with Crippen molar-refractivity contribution in [1.29, 1.82) is 0 Å². The van der Waals surface area contributed by atoms with Crippen LogP contribution in [-0.4, -0.2) is 41.0 Å². The summed E-state index contributed by atoms with van der Waals surface area (Å²) in [5.74, 6) is -4.51. The van der Waals surface area contributed by atoms with Crippen LogP contribution in [0.3, 0.4) is 0 Å². The van der Waals surface area contributed by atoms with E-state index in [1.807, 2.05) is 0 Å². The maximum Gasteiger partial charge on any atom is 1.00 e. The zero-order chi connectivity index (χ0) is 28.6. The maximum atomic E-state index is 12.4. The third-order valence-corrected chi connectivity index (χ3v) is 5.28. The number of hydrazone groups is 2. The van der Waals surface area contributed by atoms with Gasteiger partial charge < -0.3 is 30.4 Å². The Kier molecular flexibility index (Phi) is 12.8. The predicted molar refractivity (Wildman–Crippen MR) is 142 cm³/mol. The Labute approximate surface area is 282 Å². The number of rotatable bonds is 8. The van der Waals surface area contributed by atoms with Crippen molar-refractivity contribution in [2.24, 2.45) is 10.2 Å². The summed E-state index contributed by atoms with van der Waals surface area (Å²) in [7, 11) is 0. The molecule has 42 heavy (non-hydrogen) atoms. The number of hydrogen-bond acceptors (Lipinski definition) is 11. The second kappa shape index (κ2) is 15.8. The van der Waals surface area contributed by atoms with E-state index in [9.17, 15) is 34.2 Å². The summed E-state index contributed by atoms with van der Waals surface area (Å²) in [6.45, 7) is 0. The minimum atomic E-state index is -1.58. The Balaban J connectivity index is 0.00000308. The van der Waals surface area contributed by atoms with E-state index >= 15 is 0 Å². The average Bonchev–Trinajstić information content (AvgIpc) is 2.93. The largest absolute Gasteiger partial charge is 1.00 e. The van der Waals surface area contributed by atoms with Crippen LogP contribution in [0.4, 0.5) is 27.5 Å². The number of carboxylic acids is 2. The van der Waals surface area contributed by atoms with Gasteiger partial charge in [0.15, 0.2) is 11.6 Å². The van der Waals surface area contributed by atoms with E-state index in [-0.39, 0.29) is 70.5 Å². The van der Waals surface area contributed by atoms with Crippen molar-refractivity contribution in [2.45, 2.75) is 0 Å². The Morgan fingerprint density at radius 2 is 0.881 bits per heavy atom. The summed E-state index contributed by atoms with van der Waals surface area (Å²) in [4.78, 5) is 57.3. The summed E-state index contributed by atoms with van der Waals surface area (Å²) in [5, 5.41) is 35.3. The van der Waals surface area contributed by atoms with Gasteiger partial charge in [0.05, 0.1) is 34.7 Å². The second-order valence-corrected chi connectivity index (χ2v) is 8.12. The van der Waals surface area contributed by atoms with E-state index < -0.39 is 40.7 Å². The van der Waals surface area contributed by atoms with Crippen molar-refractivity contribution in [3.05, 3.63) is 96.1 Å². The molecule has 200 valence electrons. The Morgan fingerprint density at radius 1 is 0.548 bits per heavy atom. The first-order chi connectivity index (χ1) is 19.2.